The van der Waals surface area contributed by atoms with E-state index in [0.29, 0.717) is 18.9 Å². The number of nitrogens with zero attached hydrogens (tertiary/aromatic N) is 1. The summed E-state index contributed by atoms with van der Waals surface area (Å²) in [6.45, 7) is 0.675. The van der Waals surface area contributed by atoms with E-state index in [9.17, 15) is 28.0 Å². The fraction of sp³-hybridized carbons (Fsp3) is 0.474. The van der Waals surface area contributed by atoms with Gasteiger partial charge < -0.3 is 4.74 Å². The van der Waals surface area contributed by atoms with Gasteiger partial charge in [-0.25, -0.2) is 13.6 Å². The molecule has 1 saturated heterocycles. The molecule has 6 nitrogen and oxygen atoms in total. The first-order valence-corrected chi connectivity index (χ1v) is 8.83. The average molecular weight is 379 g/mol. The molecular weight excluding hydrogens is 360 g/mol. The van der Waals surface area contributed by atoms with E-state index in [-0.39, 0.29) is 29.2 Å². The Morgan fingerprint density at radius 3 is 2.26 bits per heavy atom. The van der Waals surface area contributed by atoms with Crippen molar-refractivity contribution in [2.24, 2.45) is 11.8 Å². The summed E-state index contributed by atoms with van der Waals surface area (Å²) >= 11 is 0. The largest absolute Gasteiger partial charge is 0.456 e. The first kappa shape index (κ1) is 19.1. The van der Waals surface area contributed by atoms with Crippen molar-refractivity contribution in [2.45, 2.75) is 38.6 Å². The van der Waals surface area contributed by atoms with Gasteiger partial charge in [-0.05, 0) is 38.0 Å². The Labute approximate surface area is 154 Å². The van der Waals surface area contributed by atoms with Gasteiger partial charge in [0.25, 0.3) is 0 Å². The predicted molar refractivity (Wildman–Crippen MR) is 88.4 cm³/mol. The van der Waals surface area contributed by atoms with Gasteiger partial charge in [-0.2, -0.15) is 0 Å². The van der Waals surface area contributed by atoms with Crippen molar-refractivity contribution < 1.29 is 32.7 Å². The summed E-state index contributed by atoms with van der Waals surface area (Å²) in [4.78, 5) is 50.1. The monoisotopic (exact) mass is 379 g/mol. The van der Waals surface area contributed by atoms with Gasteiger partial charge in [0, 0.05) is 5.56 Å². The fourth-order valence-corrected chi connectivity index (χ4v) is 3.69. The second kappa shape index (κ2) is 7.54. The summed E-state index contributed by atoms with van der Waals surface area (Å²) in [5, 5.41) is 0. The highest BCUT2D eigenvalue weighted by Gasteiger charge is 2.51. The van der Waals surface area contributed by atoms with Crippen LogP contribution in [-0.2, 0) is 19.1 Å². The Kier molecular flexibility index (Phi) is 5.34. The highest BCUT2D eigenvalue weighted by atomic mass is 19.2. The molecule has 3 rings (SSSR count). The van der Waals surface area contributed by atoms with E-state index in [4.69, 9.17) is 4.74 Å². The maximum Gasteiger partial charge on any atom is 0.329 e. The Morgan fingerprint density at radius 2 is 1.70 bits per heavy atom. The molecule has 27 heavy (non-hydrogen) atoms. The van der Waals surface area contributed by atoms with E-state index in [1.165, 1.54) is 6.92 Å². The highest BCUT2D eigenvalue weighted by Crippen LogP contribution is 2.38. The molecule has 2 aliphatic rings. The number of ketones is 1. The summed E-state index contributed by atoms with van der Waals surface area (Å²) < 4.78 is 31.0. The number of ether oxygens (including phenoxy) is 1. The van der Waals surface area contributed by atoms with Gasteiger partial charge in [-0.3, -0.25) is 19.3 Å². The quantitative estimate of drug-likeness (QED) is 0.445. The first-order valence-electron chi connectivity index (χ1n) is 8.83. The number of benzene rings is 1. The number of hydrogen-bond acceptors (Lipinski definition) is 5. The molecule has 3 atom stereocenters. The Morgan fingerprint density at radius 1 is 1.11 bits per heavy atom. The van der Waals surface area contributed by atoms with E-state index in [1.807, 2.05) is 0 Å². The molecule has 2 fully saturated rings. The van der Waals surface area contributed by atoms with E-state index < -0.39 is 36.0 Å². The lowest BCUT2D eigenvalue weighted by Crippen LogP contribution is -2.44. The molecular formula is C19H19F2NO5. The molecule has 1 aliphatic carbocycles. The van der Waals surface area contributed by atoms with Crippen molar-refractivity contribution in [1.82, 2.24) is 4.90 Å². The smallest absolute Gasteiger partial charge is 0.329 e. The molecule has 0 aromatic heterocycles. The van der Waals surface area contributed by atoms with E-state index in [2.05, 4.69) is 0 Å². The lowest BCUT2D eigenvalue weighted by atomic mass is 9.81. The van der Waals surface area contributed by atoms with Crippen LogP contribution in [0.2, 0.25) is 0 Å². The number of rotatable bonds is 5. The van der Waals surface area contributed by atoms with Crippen LogP contribution in [0.5, 0.6) is 0 Å². The number of fused-ring (bicyclic) bond motifs is 1. The normalized spacial score (nSPS) is 23.1. The summed E-state index contributed by atoms with van der Waals surface area (Å²) in [5.41, 5.74) is -0.145. The zero-order valence-corrected chi connectivity index (χ0v) is 14.7. The second-order valence-corrected chi connectivity index (χ2v) is 6.88. The van der Waals surface area contributed by atoms with Crippen molar-refractivity contribution in [1.29, 1.82) is 0 Å². The van der Waals surface area contributed by atoms with Gasteiger partial charge in [0.2, 0.25) is 11.8 Å². The van der Waals surface area contributed by atoms with Gasteiger partial charge in [-0.15, -0.1) is 0 Å². The van der Waals surface area contributed by atoms with Crippen LogP contribution in [0.15, 0.2) is 18.2 Å². The number of likely N-dealkylation sites (tertiary alicyclic amines) is 1. The topological polar surface area (TPSA) is 80.8 Å². The number of Topliss-reactive ketones (excluding diaryl/α,β-unsaturated/α-hetero) is 1. The minimum atomic E-state index is -1.18. The molecule has 2 amide bonds. The van der Waals surface area contributed by atoms with Gasteiger partial charge in [0.1, 0.15) is 6.04 Å². The minimum Gasteiger partial charge on any atom is -0.456 e. The molecule has 1 aliphatic heterocycles. The van der Waals surface area contributed by atoms with Crippen LogP contribution in [0, 0.1) is 23.5 Å². The van der Waals surface area contributed by atoms with Gasteiger partial charge >= 0.3 is 5.97 Å². The zero-order chi connectivity index (χ0) is 19.7. The maximum atomic E-state index is 13.2. The number of carbonyl (C=O) groups is 4. The summed E-state index contributed by atoms with van der Waals surface area (Å²) in [6.07, 6.45) is 3.00. The van der Waals surface area contributed by atoms with Gasteiger partial charge in [-0.1, -0.05) is 12.8 Å². The highest BCUT2D eigenvalue weighted by molar-refractivity contribution is 6.08. The first-order chi connectivity index (χ1) is 12.8. The third kappa shape index (κ3) is 3.61. The van der Waals surface area contributed by atoms with Crippen LogP contribution in [0.4, 0.5) is 8.78 Å². The Balaban J connectivity index is 1.62. The summed E-state index contributed by atoms with van der Waals surface area (Å²) in [5.74, 6) is -5.41. The van der Waals surface area contributed by atoms with E-state index >= 15 is 0 Å². The lowest BCUT2D eigenvalue weighted by molar-refractivity contribution is -0.157. The number of hydrogen-bond donors (Lipinski definition) is 0. The molecule has 0 N–H and O–H groups in total. The van der Waals surface area contributed by atoms with Gasteiger partial charge in [0.05, 0.1) is 11.8 Å². The third-order valence-electron chi connectivity index (χ3n) is 5.19. The molecule has 1 heterocycles. The summed E-state index contributed by atoms with van der Waals surface area (Å²) in [7, 11) is 0. The van der Waals surface area contributed by atoms with Crippen LogP contribution < -0.4 is 0 Å². The SMILES string of the molecule is C[C@@H](C(=O)OCC(=O)c1ccc(F)c(F)c1)N1C(=O)[C@H]2CCCC[C@H]2C1=O. The van der Waals surface area contributed by atoms with Crippen molar-refractivity contribution in [3.63, 3.8) is 0 Å². The molecule has 0 radical (unpaired) electrons. The van der Waals surface area contributed by atoms with Crippen LogP contribution in [0.1, 0.15) is 43.0 Å². The molecule has 0 spiro atoms. The van der Waals surface area contributed by atoms with Gasteiger partial charge in [0.15, 0.2) is 24.0 Å². The molecule has 144 valence electrons. The molecule has 1 aromatic carbocycles. The predicted octanol–water partition coefficient (Wildman–Crippen LogP) is 2.25. The molecule has 0 bridgehead atoms. The molecule has 1 saturated carbocycles. The van der Waals surface area contributed by atoms with Crippen LogP contribution in [0.25, 0.3) is 0 Å². The summed E-state index contributed by atoms with van der Waals surface area (Å²) in [6, 6.07) is 1.45. The average Bonchev–Trinajstić information content (AvgIpc) is 2.92. The standard InChI is InChI=1S/C19H19F2NO5/c1-10(22-17(24)12-4-2-3-5-13(12)18(22)25)19(26)27-9-16(23)11-6-7-14(20)15(21)8-11/h6-8,10,12-13H,2-5,9H2,1H3/t10-,12-,13+/m0/s1. The van der Waals surface area contributed by atoms with E-state index in [1.54, 1.807) is 0 Å². The lowest BCUT2D eigenvalue weighted by Gasteiger charge is -2.21. The maximum absolute atomic E-state index is 13.2. The molecule has 0 unspecified atom stereocenters. The van der Waals surface area contributed by atoms with Crippen LogP contribution >= 0.6 is 0 Å². The van der Waals surface area contributed by atoms with Crippen LogP contribution in [-0.4, -0.2) is 41.1 Å². The van der Waals surface area contributed by atoms with Crippen molar-refractivity contribution >= 4 is 23.6 Å². The van der Waals surface area contributed by atoms with Crippen molar-refractivity contribution in [3.8, 4) is 0 Å². The number of imide groups is 1. The molecule has 8 heteroatoms. The number of halogens is 2. The Bertz CT molecular complexity index is 785. The molecule has 1 aromatic rings. The number of amides is 2. The minimum absolute atomic E-state index is 0.145. The second-order valence-electron chi connectivity index (χ2n) is 6.88. The zero-order valence-electron chi connectivity index (χ0n) is 14.7. The van der Waals surface area contributed by atoms with Crippen molar-refractivity contribution in [2.75, 3.05) is 6.61 Å². The van der Waals surface area contributed by atoms with E-state index in [0.717, 1.165) is 29.9 Å². The Hall–Kier alpha value is -2.64. The number of esters is 1. The van der Waals surface area contributed by atoms with Crippen LogP contribution in [0.3, 0.4) is 0 Å². The third-order valence-corrected chi connectivity index (χ3v) is 5.19. The van der Waals surface area contributed by atoms with Crippen molar-refractivity contribution in [3.05, 3.63) is 35.4 Å². The number of carbonyl (C=O) groups excluding carboxylic acids is 4. The fourth-order valence-electron chi connectivity index (χ4n) is 3.69.